The van der Waals surface area contributed by atoms with Crippen molar-refractivity contribution in [3.63, 3.8) is 0 Å². The number of piperidine rings is 1. The summed E-state index contributed by atoms with van der Waals surface area (Å²) in [5.41, 5.74) is 0.901. The van der Waals surface area contributed by atoms with E-state index < -0.39 is 5.60 Å². The lowest BCUT2D eigenvalue weighted by Crippen LogP contribution is -2.42. The van der Waals surface area contributed by atoms with E-state index in [4.69, 9.17) is 4.74 Å². The van der Waals surface area contributed by atoms with E-state index in [9.17, 15) is 14.0 Å². The minimum absolute atomic E-state index is 0.134. The molecule has 144 valence electrons. The number of halogens is 1. The molecule has 2 aromatic rings. The zero-order valence-electron chi connectivity index (χ0n) is 15.8. The Morgan fingerprint density at radius 1 is 1.30 bits per heavy atom. The zero-order valence-corrected chi connectivity index (χ0v) is 15.8. The van der Waals surface area contributed by atoms with Crippen molar-refractivity contribution < 1.29 is 18.7 Å². The molecule has 0 N–H and O–H groups in total. The normalized spacial score (nSPS) is 15.6. The van der Waals surface area contributed by atoms with Crippen LogP contribution in [0.5, 0.6) is 0 Å². The van der Waals surface area contributed by atoms with Gasteiger partial charge in [-0.1, -0.05) is 0 Å². The molecule has 1 aromatic carbocycles. The summed E-state index contributed by atoms with van der Waals surface area (Å²) in [4.78, 5) is 24.8. The number of rotatable bonds is 3. The van der Waals surface area contributed by atoms with Crippen molar-refractivity contribution in [2.75, 3.05) is 13.1 Å². The first-order valence-electron chi connectivity index (χ1n) is 9.04. The summed E-state index contributed by atoms with van der Waals surface area (Å²) >= 11 is 0. The van der Waals surface area contributed by atoms with Crippen molar-refractivity contribution in [2.24, 2.45) is 0 Å². The van der Waals surface area contributed by atoms with Crippen LogP contribution < -0.4 is 0 Å². The van der Waals surface area contributed by atoms with Gasteiger partial charge in [-0.3, -0.25) is 9.48 Å². The van der Waals surface area contributed by atoms with Gasteiger partial charge in [0.05, 0.1) is 12.2 Å². The number of hydrogen-bond acceptors (Lipinski definition) is 4. The molecule has 6 nitrogen and oxygen atoms in total. The maximum absolute atomic E-state index is 14.1. The fourth-order valence-corrected chi connectivity index (χ4v) is 3.15. The first kappa shape index (κ1) is 19.1. The first-order valence-corrected chi connectivity index (χ1v) is 9.04. The number of ether oxygens (including phenoxy) is 1. The molecule has 1 aliphatic heterocycles. The summed E-state index contributed by atoms with van der Waals surface area (Å²) < 4.78 is 21.3. The van der Waals surface area contributed by atoms with Crippen LogP contribution in [0.3, 0.4) is 0 Å². The highest BCUT2D eigenvalue weighted by Crippen LogP contribution is 2.28. The van der Waals surface area contributed by atoms with Gasteiger partial charge in [-0.05, 0) is 51.8 Å². The van der Waals surface area contributed by atoms with Gasteiger partial charge in [-0.25, -0.2) is 9.18 Å². The van der Waals surface area contributed by atoms with Gasteiger partial charge in [0.2, 0.25) is 0 Å². The monoisotopic (exact) mass is 373 g/mol. The van der Waals surface area contributed by atoms with Crippen LogP contribution in [0.15, 0.2) is 30.6 Å². The standard InChI is InChI=1S/C20H24FN3O3/c1-20(2,3)27-19(26)23-8-6-16(7-9-23)24-12-15(11-22-24)17-10-14(13-25)4-5-18(17)21/h4-5,10-13,16H,6-9H2,1-3H3. The van der Waals surface area contributed by atoms with Crippen molar-refractivity contribution in [2.45, 2.75) is 45.3 Å². The number of hydrogen-bond donors (Lipinski definition) is 0. The number of likely N-dealkylation sites (tertiary alicyclic amines) is 1. The number of nitrogens with zero attached hydrogens (tertiary/aromatic N) is 3. The van der Waals surface area contributed by atoms with Gasteiger partial charge in [0, 0.05) is 36.0 Å². The average molecular weight is 373 g/mol. The van der Waals surface area contributed by atoms with Gasteiger partial charge in [0.15, 0.2) is 0 Å². The highest BCUT2D eigenvalue weighted by Gasteiger charge is 2.28. The van der Waals surface area contributed by atoms with Gasteiger partial charge >= 0.3 is 6.09 Å². The average Bonchev–Trinajstić information content (AvgIpc) is 3.11. The summed E-state index contributed by atoms with van der Waals surface area (Å²) in [7, 11) is 0. The molecule has 0 saturated carbocycles. The van der Waals surface area contributed by atoms with E-state index in [1.165, 1.54) is 18.2 Å². The molecule has 0 radical (unpaired) electrons. The Labute approximate surface area is 157 Å². The van der Waals surface area contributed by atoms with E-state index in [1.54, 1.807) is 17.3 Å². The molecule has 0 atom stereocenters. The van der Waals surface area contributed by atoms with Crippen LogP contribution in [0.1, 0.15) is 50.0 Å². The second-order valence-corrected chi connectivity index (χ2v) is 7.76. The van der Waals surface area contributed by atoms with Crippen LogP contribution in [-0.4, -0.2) is 45.8 Å². The van der Waals surface area contributed by atoms with Crippen molar-refractivity contribution in [3.8, 4) is 11.1 Å². The predicted molar refractivity (Wildman–Crippen MR) is 99.1 cm³/mol. The van der Waals surface area contributed by atoms with Crippen LogP contribution >= 0.6 is 0 Å². The lowest BCUT2D eigenvalue weighted by atomic mass is 10.0. The van der Waals surface area contributed by atoms with Crippen LogP contribution in [0.2, 0.25) is 0 Å². The Morgan fingerprint density at radius 3 is 2.63 bits per heavy atom. The molecule has 27 heavy (non-hydrogen) atoms. The molecule has 3 rings (SSSR count). The topological polar surface area (TPSA) is 64.4 Å². The highest BCUT2D eigenvalue weighted by molar-refractivity contribution is 5.78. The molecule has 1 aromatic heterocycles. The van der Waals surface area contributed by atoms with Crippen molar-refractivity contribution in [1.82, 2.24) is 14.7 Å². The number of benzene rings is 1. The maximum atomic E-state index is 14.1. The second-order valence-electron chi connectivity index (χ2n) is 7.76. The van der Waals surface area contributed by atoms with Crippen molar-refractivity contribution in [1.29, 1.82) is 0 Å². The van der Waals surface area contributed by atoms with Gasteiger partial charge in [-0.15, -0.1) is 0 Å². The SMILES string of the molecule is CC(C)(C)OC(=O)N1CCC(n2cc(-c3cc(C=O)ccc3F)cn2)CC1. The smallest absolute Gasteiger partial charge is 0.410 e. The molecule has 1 amide bonds. The van der Waals surface area contributed by atoms with E-state index >= 15 is 0 Å². The molecule has 2 heterocycles. The van der Waals surface area contributed by atoms with Crippen LogP contribution in [0.4, 0.5) is 9.18 Å². The summed E-state index contributed by atoms with van der Waals surface area (Å²) in [5, 5.41) is 4.37. The van der Waals surface area contributed by atoms with Crippen molar-refractivity contribution >= 4 is 12.4 Å². The first-order chi connectivity index (χ1) is 12.8. The predicted octanol–water partition coefficient (Wildman–Crippen LogP) is 4.07. The number of amides is 1. The highest BCUT2D eigenvalue weighted by atomic mass is 19.1. The molecule has 1 aliphatic rings. The van der Waals surface area contributed by atoms with Crippen LogP contribution in [0, 0.1) is 5.82 Å². The molecular formula is C20H24FN3O3. The van der Waals surface area contributed by atoms with Gasteiger partial charge < -0.3 is 9.64 Å². The van der Waals surface area contributed by atoms with Crippen LogP contribution in [0.25, 0.3) is 11.1 Å². The Kier molecular flexibility index (Phi) is 5.30. The summed E-state index contributed by atoms with van der Waals surface area (Å²) in [6.07, 6.45) is 5.29. The van der Waals surface area contributed by atoms with E-state index in [0.29, 0.717) is 36.1 Å². The lowest BCUT2D eigenvalue weighted by molar-refractivity contribution is 0.0184. The molecular weight excluding hydrogens is 349 g/mol. The minimum atomic E-state index is -0.509. The van der Waals surface area contributed by atoms with E-state index in [1.807, 2.05) is 25.5 Å². The Hall–Kier alpha value is -2.70. The van der Waals surface area contributed by atoms with Gasteiger partial charge in [0.25, 0.3) is 0 Å². The third-order valence-corrected chi connectivity index (χ3v) is 4.53. The summed E-state index contributed by atoms with van der Waals surface area (Å²) in [5.74, 6) is -0.389. The molecule has 1 fully saturated rings. The Balaban J connectivity index is 1.67. The zero-order chi connectivity index (χ0) is 19.6. The van der Waals surface area contributed by atoms with E-state index in [-0.39, 0.29) is 18.0 Å². The number of aromatic nitrogens is 2. The van der Waals surface area contributed by atoms with Crippen LogP contribution in [-0.2, 0) is 4.74 Å². The molecule has 0 unspecified atom stereocenters. The summed E-state index contributed by atoms with van der Waals surface area (Å²) in [6, 6.07) is 4.39. The van der Waals surface area contributed by atoms with Gasteiger partial charge in [-0.2, -0.15) is 5.10 Å². The molecule has 0 aliphatic carbocycles. The van der Waals surface area contributed by atoms with E-state index in [0.717, 1.165) is 12.8 Å². The molecule has 7 heteroatoms. The number of carbonyl (C=O) groups is 2. The lowest BCUT2D eigenvalue weighted by Gasteiger charge is -2.33. The largest absolute Gasteiger partial charge is 0.444 e. The molecule has 0 spiro atoms. The Morgan fingerprint density at radius 2 is 2.00 bits per heavy atom. The maximum Gasteiger partial charge on any atom is 0.410 e. The molecule has 1 saturated heterocycles. The van der Waals surface area contributed by atoms with Gasteiger partial charge in [0.1, 0.15) is 17.7 Å². The number of aldehydes is 1. The fourth-order valence-electron chi connectivity index (χ4n) is 3.15. The fraction of sp³-hybridized carbons (Fsp3) is 0.450. The van der Waals surface area contributed by atoms with E-state index in [2.05, 4.69) is 5.10 Å². The minimum Gasteiger partial charge on any atom is -0.444 e. The molecule has 0 bridgehead atoms. The third-order valence-electron chi connectivity index (χ3n) is 4.53. The summed E-state index contributed by atoms with van der Waals surface area (Å²) in [6.45, 7) is 6.72. The van der Waals surface area contributed by atoms with Crippen molar-refractivity contribution in [3.05, 3.63) is 42.0 Å². The third kappa shape index (κ3) is 4.53. The number of carbonyl (C=O) groups excluding carboxylic acids is 2. The quantitative estimate of drug-likeness (QED) is 0.761. The Bertz CT molecular complexity index is 833. The second kappa shape index (κ2) is 7.50.